The largest absolute Gasteiger partial charge is 0.418 e. The summed E-state index contributed by atoms with van der Waals surface area (Å²) in [6, 6.07) is 2.60. The van der Waals surface area contributed by atoms with E-state index in [1.165, 1.54) is 0 Å². The van der Waals surface area contributed by atoms with Gasteiger partial charge in [0.25, 0.3) is 0 Å². The molecule has 15 heavy (non-hydrogen) atoms. The third-order valence-corrected chi connectivity index (χ3v) is 2.82. The van der Waals surface area contributed by atoms with Crippen LogP contribution in [-0.4, -0.2) is 6.61 Å². The normalized spacial score (nSPS) is 20.4. The van der Waals surface area contributed by atoms with Gasteiger partial charge in [0.15, 0.2) is 0 Å². The molecule has 1 aromatic carbocycles. The van der Waals surface area contributed by atoms with Crippen LogP contribution >= 0.6 is 15.9 Å². The van der Waals surface area contributed by atoms with Gasteiger partial charge in [-0.25, -0.2) is 0 Å². The Morgan fingerprint density at radius 1 is 1.40 bits per heavy atom. The van der Waals surface area contributed by atoms with Crippen molar-refractivity contribution in [3.05, 3.63) is 27.7 Å². The van der Waals surface area contributed by atoms with Crippen molar-refractivity contribution >= 4 is 21.6 Å². The fourth-order valence-electron chi connectivity index (χ4n) is 1.30. The van der Waals surface area contributed by atoms with Crippen LogP contribution < -0.4 is 5.73 Å². The Labute approximate surface area is 92.3 Å². The van der Waals surface area contributed by atoms with Gasteiger partial charge in [-0.3, -0.25) is 0 Å². The van der Waals surface area contributed by atoms with Gasteiger partial charge in [0.2, 0.25) is 0 Å². The third kappa shape index (κ3) is 2.10. The van der Waals surface area contributed by atoms with E-state index in [-0.39, 0.29) is 16.3 Å². The van der Waals surface area contributed by atoms with E-state index < -0.39 is 11.7 Å². The summed E-state index contributed by atoms with van der Waals surface area (Å²) < 4.78 is 42.8. The maximum atomic E-state index is 12.6. The van der Waals surface area contributed by atoms with Crippen molar-refractivity contribution in [1.29, 1.82) is 0 Å². The summed E-state index contributed by atoms with van der Waals surface area (Å²) in [5.41, 5.74) is 4.75. The number of hydrogen-bond donors (Lipinski definition) is 1. The van der Waals surface area contributed by atoms with Gasteiger partial charge in [-0.05, 0) is 33.6 Å². The summed E-state index contributed by atoms with van der Waals surface area (Å²) in [7, 11) is 0. The Balaban J connectivity index is 2.52. The summed E-state index contributed by atoms with van der Waals surface area (Å²) >= 11 is 3.00. The number of nitrogens with two attached hydrogens (primary N) is 1. The van der Waals surface area contributed by atoms with Gasteiger partial charge in [-0.15, -0.1) is 0 Å². The van der Waals surface area contributed by atoms with Crippen molar-refractivity contribution in [2.45, 2.75) is 12.3 Å². The Kier molecular flexibility index (Phi) is 2.42. The van der Waals surface area contributed by atoms with Gasteiger partial charge in [0.05, 0.1) is 17.9 Å². The molecule has 0 radical (unpaired) electrons. The van der Waals surface area contributed by atoms with Crippen LogP contribution in [-0.2, 0) is 10.9 Å². The van der Waals surface area contributed by atoms with E-state index in [2.05, 4.69) is 15.9 Å². The van der Waals surface area contributed by atoms with Crippen molar-refractivity contribution in [3.8, 4) is 0 Å². The molecule has 1 atom stereocenters. The molecule has 1 aromatic rings. The van der Waals surface area contributed by atoms with Crippen molar-refractivity contribution in [2.24, 2.45) is 0 Å². The second-order valence-electron chi connectivity index (χ2n) is 3.28. The summed E-state index contributed by atoms with van der Waals surface area (Å²) in [6.45, 7) is 0.466. The number of anilines is 1. The highest BCUT2D eigenvalue weighted by atomic mass is 79.9. The molecule has 0 aromatic heterocycles. The van der Waals surface area contributed by atoms with E-state index in [9.17, 15) is 13.2 Å². The van der Waals surface area contributed by atoms with Gasteiger partial charge < -0.3 is 10.5 Å². The molecule has 6 heteroatoms. The highest BCUT2D eigenvalue weighted by molar-refractivity contribution is 9.10. The van der Waals surface area contributed by atoms with Crippen LogP contribution in [0.1, 0.15) is 17.2 Å². The first-order valence-corrected chi connectivity index (χ1v) is 4.96. The first-order valence-electron chi connectivity index (χ1n) is 4.17. The van der Waals surface area contributed by atoms with Crippen LogP contribution in [0.15, 0.2) is 16.6 Å². The average molecular weight is 282 g/mol. The molecule has 2 N–H and O–H groups in total. The fourth-order valence-corrected chi connectivity index (χ4v) is 1.78. The van der Waals surface area contributed by atoms with E-state index in [1.807, 2.05) is 0 Å². The predicted molar refractivity (Wildman–Crippen MR) is 52.2 cm³/mol. The number of alkyl halides is 3. The maximum Gasteiger partial charge on any atom is 0.418 e. The number of hydrogen-bond acceptors (Lipinski definition) is 2. The maximum absolute atomic E-state index is 12.6. The lowest BCUT2D eigenvalue weighted by molar-refractivity contribution is -0.137. The van der Waals surface area contributed by atoms with Crippen LogP contribution in [0.25, 0.3) is 0 Å². The van der Waals surface area contributed by atoms with Crippen LogP contribution in [0, 0.1) is 0 Å². The fraction of sp³-hybridized carbons (Fsp3) is 0.333. The predicted octanol–water partition coefficient (Wildman–Crippen LogP) is 3.12. The average Bonchev–Trinajstić information content (AvgIpc) is 2.90. The highest BCUT2D eigenvalue weighted by Gasteiger charge is 2.36. The summed E-state index contributed by atoms with van der Waals surface area (Å²) in [5.74, 6) is 0. The molecule has 2 rings (SSSR count). The molecule has 1 aliphatic rings. The van der Waals surface area contributed by atoms with Gasteiger partial charge in [-0.2, -0.15) is 13.2 Å². The molecule has 1 saturated heterocycles. The second-order valence-corrected chi connectivity index (χ2v) is 4.14. The number of epoxide rings is 1. The van der Waals surface area contributed by atoms with Crippen LogP contribution in [0.4, 0.5) is 18.9 Å². The Hall–Kier alpha value is -0.750. The first-order chi connectivity index (χ1) is 6.89. The van der Waals surface area contributed by atoms with Crippen LogP contribution in [0.5, 0.6) is 0 Å². The van der Waals surface area contributed by atoms with Gasteiger partial charge >= 0.3 is 6.18 Å². The minimum absolute atomic E-state index is 0.219. The zero-order valence-corrected chi connectivity index (χ0v) is 9.02. The SMILES string of the molecule is Nc1c(Br)cc(C2CO2)cc1C(F)(F)F. The highest BCUT2D eigenvalue weighted by Crippen LogP contribution is 2.41. The summed E-state index contributed by atoms with van der Waals surface area (Å²) in [6.07, 6.45) is -4.65. The van der Waals surface area contributed by atoms with Gasteiger partial charge in [-0.1, -0.05) is 0 Å². The van der Waals surface area contributed by atoms with E-state index >= 15 is 0 Å². The zero-order valence-electron chi connectivity index (χ0n) is 7.44. The minimum atomic E-state index is -4.43. The Morgan fingerprint density at radius 3 is 2.47 bits per heavy atom. The molecule has 0 bridgehead atoms. The molecule has 1 unspecified atom stereocenters. The molecular weight excluding hydrogens is 275 g/mol. The summed E-state index contributed by atoms with van der Waals surface area (Å²) in [4.78, 5) is 0. The summed E-state index contributed by atoms with van der Waals surface area (Å²) in [5, 5.41) is 0. The Morgan fingerprint density at radius 2 is 2.00 bits per heavy atom. The Bertz CT molecular complexity index is 401. The topological polar surface area (TPSA) is 38.5 Å². The zero-order chi connectivity index (χ0) is 11.2. The second kappa shape index (κ2) is 3.38. The number of ether oxygens (including phenoxy) is 1. The standard InChI is InChI=1S/C9H7BrF3NO/c10-6-2-4(7-3-15-7)1-5(8(6)14)9(11,12)13/h1-2,7H,3,14H2. The van der Waals surface area contributed by atoms with E-state index in [4.69, 9.17) is 10.5 Å². The molecule has 0 saturated carbocycles. The number of nitrogen functional groups attached to an aromatic ring is 1. The lowest BCUT2D eigenvalue weighted by atomic mass is 10.1. The van der Waals surface area contributed by atoms with Crippen LogP contribution in [0.2, 0.25) is 0 Å². The van der Waals surface area contributed by atoms with Crippen molar-refractivity contribution in [3.63, 3.8) is 0 Å². The molecule has 1 fully saturated rings. The quantitative estimate of drug-likeness (QED) is 0.635. The lowest BCUT2D eigenvalue weighted by Gasteiger charge is -2.12. The van der Waals surface area contributed by atoms with E-state index in [0.717, 1.165) is 6.07 Å². The molecule has 1 heterocycles. The molecule has 0 aliphatic carbocycles. The number of halogens is 4. The molecule has 0 spiro atoms. The molecule has 0 amide bonds. The monoisotopic (exact) mass is 281 g/mol. The molecule has 2 nitrogen and oxygen atoms in total. The lowest BCUT2D eigenvalue weighted by Crippen LogP contribution is -2.10. The smallest absolute Gasteiger partial charge is 0.397 e. The third-order valence-electron chi connectivity index (χ3n) is 2.16. The number of rotatable bonds is 1. The van der Waals surface area contributed by atoms with Gasteiger partial charge in [0.1, 0.15) is 6.10 Å². The van der Waals surface area contributed by atoms with E-state index in [0.29, 0.717) is 12.2 Å². The first kappa shape index (κ1) is 10.8. The van der Waals surface area contributed by atoms with Crippen molar-refractivity contribution < 1.29 is 17.9 Å². The van der Waals surface area contributed by atoms with Crippen molar-refractivity contribution in [1.82, 2.24) is 0 Å². The molecule has 1 aliphatic heterocycles. The molecular formula is C9H7BrF3NO. The molecule has 82 valence electrons. The minimum Gasteiger partial charge on any atom is -0.397 e. The van der Waals surface area contributed by atoms with Crippen LogP contribution in [0.3, 0.4) is 0 Å². The number of benzene rings is 1. The van der Waals surface area contributed by atoms with E-state index in [1.54, 1.807) is 6.07 Å². The van der Waals surface area contributed by atoms with Crippen molar-refractivity contribution in [2.75, 3.05) is 12.3 Å². The van der Waals surface area contributed by atoms with Gasteiger partial charge in [0, 0.05) is 4.47 Å².